The average Bonchev–Trinajstić information content (AvgIpc) is 2.31. The Morgan fingerprint density at radius 1 is 1.13 bits per heavy atom. The first-order valence-corrected chi connectivity index (χ1v) is 5.83. The number of rotatable bonds is 3. The van der Waals surface area contributed by atoms with Gasteiger partial charge in [-0.2, -0.15) is 0 Å². The van der Waals surface area contributed by atoms with Crippen LogP contribution in [0, 0.1) is 11.8 Å². The van der Waals surface area contributed by atoms with E-state index in [2.05, 4.69) is 5.32 Å². The summed E-state index contributed by atoms with van der Waals surface area (Å²) in [5.74, 6) is 1.15. The maximum absolute atomic E-state index is 5.76. The molecule has 2 aliphatic heterocycles. The minimum absolute atomic E-state index is 0.234. The Balaban J connectivity index is 1.90. The summed E-state index contributed by atoms with van der Waals surface area (Å²) in [4.78, 5) is 0. The molecule has 1 N–H and O–H groups in total. The van der Waals surface area contributed by atoms with Crippen LogP contribution >= 0.6 is 0 Å². The first-order chi connectivity index (χ1) is 7.42. The molecule has 2 heterocycles. The van der Waals surface area contributed by atoms with Crippen molar-refractivity contribution in [2.45, 2.75) is 12.5 Å². The Morgan fingerprint density at radius 3 is 2.73 bits per heavy atom. The van der Waals surface area contributed by atoms with E-state index in [-0.39, 0.29) is 6.10 Å². The lowest BCUT2D eigenvalue weighted by Gasteiger charge is -2.38. The zero-order valence-corrected chi connectivity index (χ0v) is 9.41. The van der Waals surface area contributed by atoms with Crippen molar-refractivity contribution in [3.63, 3.8) is 0 Å². The maximum Gasteiger partial charge on any atom is 0.0862 e. The quantitative estimate of drug-likeness (QED) is 0.734. The van der Waals surface area contributed by atoms with Crippen LogP contribution in [-0.2, 0) is 14.2 Å². The molecule has 2 aliphatic rings. The molecule has 0 aromatic heterocycles. The lowest BCUT2D eigenvalue weighted by molar-refractivity contribution is -0.144. The number of ether oxygens (including phenoxy) is 3. The van der Waals surface area contributed by atoms with Crippen molar-refractivity contribution < 1.29 is 14.2 Å². The second-order valence-corrected chi connectivity index (χ2v) is 4.33. The van der Waals surface area contributed by atoms with Crippen molar-refractivity contribution in [1.82, 2.24) is 5.32 Å². The first-order valence-electron chi connectivity index (χ1n) is 5.83. The summed E-state index contributed by atoms with van der Waals surface area (Å²) < 4.78 is 16.8. The van der Waals surface area contributed by atoms with Crippen molar-refractivity contribution >= 4 is 0 Å². The molecule has 0 radical (unpaired) electrons. The highest BCUT2D eigenvalue weighted by molar-refractivity contribution is 4.82. The van der Waals surface area contributed by atoms with Crippen molar-refractivity contribution in [3.8, 4) is 0 Å². The maximum atomic E-state index is 5.76. The highest BCUT2D eigenvalue weighted by atomic mass is 16.6. The van der Waals surface area contributed by atoms with Gasteiger partial charge in [-0.1, -0.05) is 0 Å². The van der Waals surface area contributed by atoms with Gasteiger partial charge in [0.25, 0.3) is 0 Å². The molecule has 0 aromatic rings. The van der Waals surface area contributed by atoms with E-state index in [1.807, 2.05) is 7.05 Å². The summed E-state index contributed by atoms with van der Waals surface area (Å²) in [6.45, 7) is 4.95. The third-order valence-corrected chi connectivity index (χ3v) is 3.33. The third kappa shape index (κ3) is 2.91. The molecular formula is C11H21NO3. The first kappa shape index (κ1) is 11.3. The Bertz CT molecular complexity index is 170. The molecule has 0 bridgehead atoms. The molecule has 2 fully saturated rings. The van der Waals surface area contributed by atoms with E-state index in [1.165, 1.54) is 0 Å². The number of hydrogen-bond acceptors (Lipinski definition) is 4. The van der Waals surface area contributed by atoms with Gasteiger partial charge in [0, 0.05) is 12.5 Å². The summed E-state index contributed by atoms with van der Waals surface area (Å²) in [7, 11) is 2.00. The average molecular weight is 215 g/mol. The van der Waals surface area contributed by atoms with Crippen molar-refractivity contribution in [3.05, 3.63) is 0 Å². The molecule has 0 amide bonds. The van der Waals surface area contributed by atoms with E-state index in [0.29, 0.717) is 11.8 Å². The monoisotopic (exact) mass is 215 g/mol. The fourth-order valence-electron chi connectivity index (χ4n) is 2.48. The molecule has 2 saturated heterocycles. The molecular weight excluding hydrogens is 194 g/mol. The molecule has 4 heteroatoms. The van der Waals surface area contributed by atoms with Gasteiger partial charge >= 0.3 is 0 Å². The Hall–Kier alpha value is -0.160. The van der Waals surface area contributed by atoms with E-state index in [9.17, 15) is 0 Å². The van der Waals surface area contributed by atoms with Gasteiger partial charge in [-0.15, -0.1) is 0 Å². The fraction of sp³-hybridized carbons (Fsp3) is 1.00. The zero-order chi connectivity index (χ0) is 10.5. The molecule has 0 aromatic carbocycles. The largest absolute Gasteiger partial charge is 0.381 e. The molecule has 3 atom stereocenters. The summed E-state index contributed by atoms with van der Waals surface area (Å²) in [5.41, 5.74) is 0. The normalized spacial score (nSPS) is 37.8. The van der Waals surface area contributed by atoms with E-state index in [4.69, 9.17) is 14.2 Å². The summed E-state index contributed by atoms with van der Waals surface area (Å²) in [5, 5.41) is 3.25. The molecule has 0 saturated carbocycles. The minimum Gasteiger partial charge on any atom is -0.381 e. The van der Waals surface area contributed by atoms with Gasteiger partial charge in [0.1, 0.15) is 0 Å². The lowest BCUT2D eigenvalue weighted by atomic mass is 9.84. The predicted octanol–water partition coefficient (Wildman–Crippen LogP) is 0.274. The van der Waals surface area contributed by atoms with Crippen molar-refractivity contribution in [1.29, 1.82) is 0 Å². The van der Waals surface area contributed by atoms with Gasteiger partial charge in [0.15, 0.2) is 0 Å². The van der Waals surface area contributed by atoms with Crippen LogP contribution in [0.25, 0.3) is 0 Å². The fourth-order valence-corrected chi connectivity index (χ4v) is 2.48. The topological polar surface area (TPSA) is 39.7 Å². The number of hydrogen-bond donors (Lipinski definition) is 1. The van der Waals surface area contributed by atoms with Crippen LogP contribution in [0.15, 0.2) is 0 Å². The van der Waals surface area contributed by atoms with E-state index in [1.54, 1.807) is 0 Å². The standard InChI is InChI=1S/C11H21NO3/c1-12-6-9-2-3-13-7-10(9)11-8-14-4-5-15-11/h9-12H,2-8H2,1H3. The van der Waals surface area contributed by atoms with Crippen LogP contribution in [0.2, 0.25) is 0 Å². The summed E-state index contributed by atoms with van der Waals surface area (Å²) in [6, 6.07) is 0. The second-order valence-electron chi connectivity index (χ2n) is 4.33. The minimum atomic E-state index is 0.234. The smallest absolute Gasteiger partial charge is 0.0862 e. The van der Waals surface area contributed by atoms with Crippen LogP contribution in [0.4, 0.5) is 0 Å². The van der Waals surface area contributed by atoms with Gasteiger partial charge in [-0.25, -0.2) is 0 Å². The van der Waals surface area contributed by atoms with Gasteiger partial charge in [-0.3, -0.25) is 0 Å². The SMILES string of the molecule is CNCC1CCOCC1C1COCCO1. The molecule has 88 valence electrons. The third-order valence-electron chi connectivity index (χ3n) is 3.33. The van der Waals surface area contributed by atoms with E-state index >= 15 is 0 Å². The van der Waals surface area contributed by atoms with Gasteiger partial charge in [0.2, 0.25) is 0 Å². The lowest BCUT2D eigenvalue weighted by Crippen LogP contribution is -2.45. The molecule has 3 unspecified atom stereocenters. The van der Waals surface area contributed by atoms with Crippen molar-refractivity contribution in [2.75, 3.05) is 46.6 Å². The highest BCUT2D eigenvalue weighted by Gasteiger charge is 2.34. The molecule has 0 spiro atoms. The van der Waals surface area contributed by atoms with Crippen LogP contribution in [-0.4, -0.2) is 52.7 Å². The zero-order valence-electron chi connectivity index (χ0n) is 9.41. The van der Waals surface area contributed by atoms with Gasteiger partial charge < -0.3 is 19.5 Å². The molecule has 15 heavy (non-hydrogen) atoms. The Labute approximate surface area is 91.3 Å². The number of nitrogens with one attached hydrogen (secondary N) is 1. The van der Waals surface area contributed by atoms with Gasteiger partial charge in [-0.05, 0) is 25.9 Å². The van der Waals surface area contributed by atoms with E-state index < -0.39 is 0 Å². The highest BCUT2D eigenvalue weighted by Crippen LogP contribution is 2.27. The predicted molar refractivity (Wildman–Crippen MR) is 56.9 cm³/mol. The van der Waals surface area contributed by atoms with Crippen molar-refractivity contribution in [2.24, 2.45) is 11.8 Å². The van der Waals surface area contributed by atoms with Crippen LogP contribution in [0.5, 0.6) is 0 Å². The Morgan fingerprint density at radius 2 is 2.00 bits per heavy atom. The second kappa shape index (κ2) is 5.80. The molecule has 0 aliphatic carbocycles. The van der Waals surface area contributed by atoms with Gasteiger partial charge in [0.05, 0.1) is 32.5 Å². The summed E-state index contributed by atoms with van der Waals surface area (Å²) >= 11 is 0. The van der Waals surface area contributed by atoms with Crippen LogP contribution in [0.1, 0.15) is 6.42 Å². The van der Waals surface area contributed by atoms with Crippen LogP contribution < -0.4 is 5.32 Å². The molecule has 4 nitrogen and oxygen atoms in total. The van der Waals surface area contributed by atoms with Crippen LogP contribution in [0.3, 0.4) is 0 Å². The summed E-state index contributed by atoms with van der Waals surface area (Å²) in [6.07, 6.45) is 1.36. The van der Waals surface area contributed by atoms with E-state index in [0.717, 1.165) is 46.0 Å². The molecule has 2 rings (SSSR count). The Kier molecular flexibility index (Phi) is 4.38.